The number of benzene rings is 3. The van der Waals surface area contributed by atoms with Crippen molar-refractivity contribution in [3.05, 3.63) is 108 Å². The summed E-state index contributed by atoms with van der Waals surface area (Å²) in [6, 6.07) is 26.4. The van der Waals surface area contributed by atoms with E-state index in [9.17, 15) is 4.79 Å². The Morgan fingerprint density at radius 2 is 1.62 bits per heavy atom. The highest BCUT2D eigenvalue weighted by Gasteiger charge is 2.12. The van der Waals surface area contributed by atoms with Gasteiger partial charge in [0.05, 0.1) is 12.7 Å². The lowest BCUT2D eigenvalue weighted by atomic mass is 10.1. The SMILES string of the molecule is C=C1CCc2ccccc21.COC(=O)c1ccccc1CCSc1ccccc1. The van der Waals surface area contributed by atoms with Gasteiger partial charge in [-0.3, -0.25) is 0 Å². The number of thioether (sulfide) groups is 1. The molecule has 0 saturated heterocycles. The van der Waals surface area contributed by atoms with Crippen LogP contribution in [0.3, 0.4) is 0 Å². The Kier molecular flexibility index (Phi) is 7.71. The molecule has 0 aliphatic heterocycles. The molecule has 0 aromatic heterocycles. The minimum absolute atomic E-state index is 0.264. The Bertz CT molecular complexity index is 963. The van der Waals surface area contributed by atoms with Gasteiger partial charge in [-0.15, -0.1) is 11.8 Å². The van der Waals surface area contributed by atoms with E-state index < -0.39 is 0 Å². The molecule has 4 rings (SSSR count). The van der Waals surface area contributed by atoms with E-state index in [-0.39, 0.29) is 5.97 Å². The first-order valence-electron chi connectivity index (χ1n) is 9.79. The zero-order valence-electron chi connectivity index (χ0n) is 16.8. The molecule has 1 aliphatic rings. The standard InChI is InChI=1S/C16H16O2S.C10H10/c1-18-16(17)15-10-6-5-7-13(15)11-12-19-14-8-3-2-4-9-14;1-8-6-7-9-4-2-3-5-10(8)9/h2-10H,11-12H2,1H3;2-5H,1,6-7H2. The van der Waals surface area contributed by atoms with Crippen LogP contribution in [0.15, 0.2) is 90.3 Å². The molecule has 0 heterocycles. The fourth-order valence-corrected chi connectivity index (χ4v) is 4.25. The highest BCUT2D eigenvalue weighted by molar-refractivity contribution is 7.99. The minimum atomic E-state index is -0.264. The maximum atomic E-state index is 11.6. The highest BCUT2D eigenvalue weighted by atomic mass is 32.2. The number of ether oxygens (including phenoxy) is 1. The van der Waals surface area contributed by atoms with Gasteiger partial charge < -0.3 is 4.74 Å². The monoisotopic (exact) mass is 402 g/mol. The van der Waals surface area contributed by atoms with E-state index in [0.29, 0.717) is 5.56 Å². The van der Waals surface area contributed by atoms with Gasteiger partial charge in [0.25, 0.3) is 0 Å². The molecule has 0 amide bonds. The van der Waals surface area contributed by atoms with Crippen LogP contribution >= 0.6 is 11.8 Å². The van der Waals surface area contributed by atoms with Gasteiger partial charge in [0.1, 0.15) is 0 Å². The molecular weight excluding hydrogens is 376 g/mol. The topological polar surface area (TPSA) is 26.3 Å². The van der Waals surface area contributed by atoms with E-state index in [2.05, 4.69) is 43.0 Å². The summed E-state index contributed by atoms with van der Waals surface area (Å²) in [5.41, 5.74) is 5.85. The summed E-state index contributed by atoms with van der Waals surface area (Å²) in [6.45, 7) is 4.00. The number of carbonyl (C=O) groups is 1. The van der Waals surface area contributed by atoms with E-state index >= 15 is 0 Å². The first-order chi connectivity index (χ1) is 14.2. The third kappa shape index (κ3) is 5.85. The van der Waals surface area contributed by atoms with Gasteiger partial charge in [-0.05, 0) is 59.7 Å². The molecule has 0 N–H and O–H groups in total. The molecule has 148 valence electrons. The number of esters is 1. The van der Waals surface area contributed by atoms with Crippen molar-refractivity contribution < 1.29 is 9.53 Å². The molecule has 29 heavy (non-hydrogen) atoms. The van der Waals surface area contributed by atoms with Crippen molar-refractivity contribution in [1.29, 1.82) is 0 Å². The molecule has 0 atom stereocenters. The van der Waals surface area contributed by atoms with Gasteiger partial charge in [0.2, 0.25) is 0 Å². The first kappa shape index (κ1) is 20.9. The van der Waals surface area contributed by atoms with Crippen LogP contribution in [-0.2, 0) is 17.6 Å². The zero-order valence-corrected chi connectivity index (χ0v) is 17.6. The Balaban J connectivity index is 0.000000200. The zero-order chi connectivity index (χ0) is 20.5. The number of hydrogen-bond donors (Lipinski definition) is 0. The lowest BCUT2D eigenvalue weighted by Gasteiger charge is -2.07. The van der Waals surface area contributed by atoms with Crippen LogP contribution in [0.5, 0.6) is 0 Å². The molecule has 0 spiro atoms. The Labute approximate surface area is 177 Å². The molecule has 3 aromatic carbocycles. The molecular formula is C26H26O2S. The molecule has 3 aromatic rings. The molecule has 3 heteroatoms. The minimum Gasteiger partial charge on any atom is -0.465 e. The van der Waals surface area contributed by atoms with E-state index in [1.807, 2.05) is 42.5 Å². The maximum Gasteiger partial charge on any atom is 0.338 e. The number of aryl methyl sites for hydroxylation is 2. The van der Waals surface area contributed by atoms with Crippen LogP contribution in [0.25, 0.3) is 5.57 Å². The average Bonchev–Trinajstić information content (AvgIpc) is 3.16. The van der Waals surface area contributed by atoms with Crippen LogP contribution in [0.1, 0.15) is 33.5 Å². The second-order valence-electron chi connectivity index (χ2n) is 6.82. The van der Waals surface area contributed by atoms with Gasteiger partial charge in [-0.1, -0.05) is 67.2 Å². The lowest BCUT2D eigenvalue weighted by Crippen LogP contribution is -2.06. The number of rotatable bonds is 5. The summed E-state index contributed by atoms with van der Waals surface area (Å²) in [4.78, 5) is 12.9. The van der Waals surface area contributed by atoms with Crippen LogP contribution in [0.2, 0.25) is 0 Å². The van der Waals surface area contributed by atoms with Crippen molar-refractivity contribution in [2.45, 2.75) is 24.2 Å². The number of allylic oxidation sites excluding steroid dienone is 1. The van der Waals surface area contributed by atoms with Crippen molar-refractivity contribution in [3.8, 4) is 0 Å². The summed E-state index contributed by atoms with van der Waals surface area (Å²) >= 11 is 1.79. The van der Waals surface area contributed by atoms with Crippen molar-refractivity contribution in [1.82, 2.24) is 0 Å². The van der Waals surface area contributed by atoms with Crippen molar-refractivity contribution >= 4 is 23.3 Å². The van der Waals surface area contributed by atoms with Crippen molar-refractivity contribution in [2.24, 2.45) is 0 Å². The predicted octanol–water partition coefficient (Wildman–Crippen LogP) is 6.45. The smallest absolute Gasteiger partial charge is 0.338 e. The van der Waals surface area contributed by atoms with Crippen LogP contribution in [-0.4, -0.2) is 18.8 Å². The summed E-state index contributed by atoms with van der Waals surface area (Å²) in [5, 5.41) is 0. The maximum absolute atomic E-state index is 11.6. The quantitative estimate of drug-likeness (QED) is 0.362. The van der Waals surface area contributed by atoms with Gasteiger partial charge in [-0.25, -0.2) is 4.79 Å². The molecule has 0 fully saturated rings. The van der Waals surface area contributed by atoms with Crippen LogP contribution in [0.4, 0.5) is 0 Å². The Morgan fingerprint density at radius 1 is 0.931 bits per heavy atom. The fraction of sp³-hybridized carbons (Fsp3) is 0.192. The number of methoxy groups -OCH3 is 1. The van der Waals surface area contributed by atoms with Crippen LogP contribution in [0, 0.1) is 0 Å². The van der Waals surface area contributed by atoms with Crippen molar-refractivity contribution in [2.75, 3.05) is 12.9 Å². The average molecular weight is 403 g/mol. The fourth-order valence-electron chi connectivity index (χ4n) is 3.35. The first-order valence-corrected chi connectivity index (χ1v) is 10.8. The number of carbonyl (C=O) groups excluding carboxylic acids is 1. The summed E-state index contributed by atoms with van der Waals surface area (Å²) in [5.74, 6) is 0.679. The van der Waals surface area contributed by atoms with E-state index in [4.69, 9.17) is 4.74 Å². The molecule has 1 aliphatic carbocycles. The van der Waals surface area contributed by atoms with Crippen LogP contribution < -0.4 is 0 Å². The number of hydrogen-bond acceptors (Lipinski definition) is 3. The molecule has 0 radical (unpaired) electrons. The van der Waals surface area contributed by atoms with E-state index in [0.717, 1.165) is 24.2 Å². The molecule has 0 saturated carbocycles. The highest BCUT2D eigenvalue weighted by Crippen LogP contribution is 2.29. The number of fused-ring (bicyclic) bond motifs is 1. The molecule has 2 nitrogen and oxygen atoms in total. The third-order valence-corrected chi connectivity index (χ3v) is 5.91. The predicted molar refractivity (Wildman–Crippen MR) is 122 cm³/mol. The second-order valence-corrected chi connectivity index (χ2v) is 7.99. The van der Waals surface area contributed by atoms with Crippen molar-refractivity contribution in [3.63, 3.8) is 0 Å². The lowest BCUT2D eigenvalue weighted by molar-refractivity contribution is 0.0599. The largest absolute Gasteiger partial charge is 0.465 e. The van der Waals surface area contributed by atoms with Gasteiger partial charge >= 0.3 is 5.97 Å². The summed E-state index contributed by atoms with van der Waals surface area (Å²) in [6.07, 6.45) is 3.19. The van der Waals surface area contributed by atoms with Gasteiger partial charge in [-0.2, -0.15) is 0 Å². The second kappa shape index (κ2) is 10.7. The third-order valence-electron chi connectivity index (χ3n) is 4.90. The normalized spacial score (nSPS) is 12.0. The van der Waals surface area contributed by atoms with Gasteiger partial charge in [0, 0.05) is 10.6 Å². The van der Waals surface area contributed by atoms with E-state index in [1.54, 1.807) is 11.8 Å². The summed E-state index contributed by atoms with van der Waals surface area (Å²) < 4.78 is 4.80. The Hall–Kier alpha value is -2.78. The molecule has 0 unspecified atom stereocenters. The van der Waals surface area contributed by atoms with E-state index in [1.165, 1.54) is 35.1 Å². The summed E-state index contributed by atoms with van der Waals surface area (Å²) in [7, 11) is 1.41. The molecule has 0 bridgehead atoms. The Morgan fingerprint density at radius 3 is 2.38 bits per heavy atom. The van der Waals surface area contributed by atoms with Gasteiger partial charge in [0.15, 0.2) is 0 Å².